The van der Waals surface area contributed by atoms with Crippen LogP contribution >= 0.6 is 0 Å². The van der Waals surface area contributed by atoms with Gasteiger partial charge in [0, 0.05) is 12.6 Å². The monoisotopic (exact) mass is 300 g/mol. The van der Waals surface area contributed by atoms with E-state index < -0.39 is 10.0 Å². The number of nitrogen functional groups attached to an aromatic ring is 1. The molecule has 2 rings (SSSR count). The van der Waals surface area contributed by atoms with Crippen LogP contribution in [0, 0.1) is 0 Å². The molecule has 0 bridgehead atoms. The predicted molar refractivity (Wildman–Crippen MR) is 75.9 cm³/mol. The maximum atomic E-state index is 12.3. The zero-order chi connectivity index (χ0) is 15.0. The number of aromatic hydroxyl groups is 1. The molecule has 1 atom stereocenters. The molecule has 4 N–H and O–H groups in total. The lowest BCUT2D eigenvalue weighted by atomic mass is 9.95. The van der Waals surface area contributed by atoms with Gasteiger partial charge in [-0.3, -0.25) is 0 Å². The number of anilines is 1. The van der Waals surface area contributed by atoms with E-state index in [1.54, 1.807) is 0 Å². The molecule has 0 saturated carbocycles. The summed E-state index contributed by atoms with van der Waals surface area (Å²) in [5.41, 5.74) is 5.24. The molecule has 1 unspecified atom stereocenters. The highest BCUT2D eigenvalue weighted by molar-refractivity contribution is 7.89. The van der Waals surface area contributed by atoms with Gasteiger partial charge in [-0.2, -0.15) is 0 Å². The molecular formula is C13H20N2O4S. The molecular weight excluding hydrogens is 280 g/mol. The van der Waals surface area contributed by atoms with Crippen LogP contribution < -0.4 is 10.5 Å². The maximum absolute atomic E-state index is 12.3. The summed E-state index contributed by atoms with van der Waals surface area (Å²) < 4.78 is 32.8. The number of phenolic OH excluding ortho intramolecular Hbond substituents is 1. The van der Waals surface area contributed by atoms with Gasteiger partial charge in [0.2, 0.25) is 10.0 Å². The second-order valence-corrected chi connectivity index (χ2v) is 7.35. The number of sulfonamides is 1. The minimum atomic E-state index is -3.65. The van der Waals surface area contributed by atoms with Crippen molar-refractivity contribution in [1.82, 2.24) is 4.72 Å². The number of phenols is 1. The maximum Gasteiger partial charge on any atom is 0.240 e. The molecule has 1 aliphatic heterocycles. The van der Waals surface area contributed by atoms with Gasteiger partial charge >= 0.3 is 0 Å². The molecule has 0 spiro atoms. The summed E-state index contributed by atoms with van der Waals surface area (Å²) in [6, 6.07) is 3.69. The number of ether oxygens (including phenoxy) is 1. The van der Waals surface area contributed by atoms with Crippen LogP contribution in [0.2, 0.25) is 0 Å². The minimum Gasteiger partial charge on any atom is -0.506 e. The van der Waals surface area contributed by atoms with Crippen LogP contribution in [-0.4, -0.2) is 31.8 Å². The van der Waals surface area contributed by atoms with Crippen LogP contribution in [0.3, 0.4) is 0 Å². The number of nitrogens with two attached hydrogens (primary N) is 1. The molecule has 1 aromatic carbocycles. The largest absolute Gasteiger partial charge is 0.506 e. The lowest BCUT2D eigenvalue weighted by Crippen LogP contribution is -2.45. The number of rotatable bonds is 3. The molecule has 1 aromatic rings. The van der Waals surface area contributed by atoms with Crippen molar-refractivity contribution in [3.05, 3.63) is 18.2 Å². The molecule has 112 valence electrons. The highest BCUT2D eigenvalue weighted by atomic mass is 32.2. The van der Waals surface area contributed by atoms with Crippen molar-refractivity contribution in [3.8, 4) is 5.75 Å². The molecule has 0 aliphatic carbocycles. The lowest BCUT2D eigenvalue weighted by molar-refractivity contribution is -0.0599. The normalized spacial score (nSPS) is 22.6. The van der Waals surface area contributed by atoms with Crippen LogP contribution in [0.25, 0.3) is 0 Å². The van der Waals surface area contributed by atoms with Crippen molar-refractivity contribution in [3.63, 3.8) is 0 Å². The van der Waals surface area contributed by atoms with Gasteiger partial charge in [0.25, 0.3) is 0 Å². The molecule has 1 heterocycles. The Balaban J connectivity index is 2.16. The van der Waals surface area contributed by atoms with E-state index in [9.17, 15) is 13.5 Å². The van der Waals surface area contributed by atoms with E-state index >= 15 is 0 Å². The highest BCUT2D eigenvalue weighted by Crippen LogP contribution is 2.27. The Labute approximate surface area is 119 Å². The lowest BCUT2D eigenvalue weighted by Gasteiger charge is -2.35. The van der Waals surface area contributed by atoms with Crippen molar-refractivity contribution in [2.24, 2.45) is 0 Å². The molecule has 0 radical (unpaired) electrons. The van der Waals surface area contributed by atoms with E-state index in [2.05, 4.69) is 4.72 Å². The Morgan fingerprint density at radius 3 is 2.75 bits per heavy atom. The standard InChI is InChI=1S/C13H20N2O4S/c1-13(2)8-9(5-6-19-13)15-20(17,18)10-3-4-12(16)11(14)7-10/h3-4,7,9,15-16H,5-6,8,14H2,1-2H3. The Morgan fingerprint density at radius 1 is 1.45 bits per heavy atom. The van der Waals surface area contributed by atoms with E-state index in [-0.39, 0.29) is 28.0 Å². The van der Waals surface area contributed by atoms with E-state index in [0.717, 1.165) is 0 Å². The van der Waals surface area contributed by atoms with Gasteiger partial charge in [0.05, 0.1) is 16.2 Å². The zero-order valence-electron chi connectivity index (χ0n) is 11.6. The van der Waals surface area contributed by atoms with Gasteiger partial charge in [-0.1, -0.05) is 0 Å². The quantitative estimate of drug-likeness (QED) is 0.575. The first-order chi connectivity index (χ1) is 9.20. The summed E-state index contributed by atoms with van der Waals surface area (Å²) in [5.74, 6) is -0.129. The highest BCUT2D eigenvalue weighted by Gasteiger charge is 2.31. The number of hydrogen-bond acceptors (Lipinski definition) is 5. The fourth-order valence-corrected chi connectivity index (χ4v) is 3.63. The summed E-state index contributed by atoms with van der Waals surface area (Å²) in [6.07, 6.45) is 1.25. The predicted octanol–water partition coefficient (Wildman–Crippen LogP) is 1.21. The third kappa shape index (κ3) is 3.41. The van der Waals surface area contributed by atoms with Crippen molar-refractivity contribution >= 4 is 15.7 Å². The number of benzene rings is 1. The Kier molecular flexibility index (Phi) is 3.95. The smallest absolute Gasteiger partial charge is 0.240 e. The Morgan fingerprint density at radius 2 is 2.15 bits per heavy atom. The van der Waals surface area contributed by atoms with Crippen LogP contribution in [-0.2, 0) is 14.8 Å². The van der Waals surface area contributed by atoms with E-state index in [0.29, 0.717) is 19.4 Å². The Hall–Kier alpha value is -1.31. The summed E-state index contributed by atoms with van der Waals surface area (Å²) in [7, 11) is -3.65. The molecule has 0 aromatic heterocycles. The second kappa shape index (κ2) is 5.23. The topological polar surface area (TPSA) is 102 Å². The molecule has 7 heteroatoms. The van der Waals surface area contributed by atoms with Crippen molar-refractivity contribution in [1.29, 1.82) is 0 Å². The van der Waals surface area contributed by atoms with Gasteiger partial charge in [0.15, 0.2) is 0 Å². The Bertz CT molecular complexity index is 598. The van der Waals surface area contributed by atoms with Gasteiger partial charge < -0.3 is 15.6 Å². The van der Waals surface area contributed by atoms with Crippen LogP contribution in [0.15, 0.2) is 23.1 Å². The van der Waals surface area contributed by atoms with Crippen molar-refractivity contribution < 1.29 is 18.3 Å². The second-order valence-electron chi connectivity index (χ2n) is 5.64. The third-order valence-electron chi connectivity index (χ3n) is 3.33. The average Bonchev–Trinajstić information content (AvgIpc) is 2.30. The molecule has 1 saturated heterocycles. The summed E-state index contributed by atoms with van der Waals surface area (Å²) in [6.45, 7) is 4.40. The first-order valence-electron chi connectivity index (χ1n) is 6.44. The van der Waals surface area contributed by atoms with Gasteiger partial charge in [-0.15, -0.1) is 0 Å². The minimum absolute atomic E-state index is 0.0418. The molecule has 0 amide bonds. The first-order valence-corrected chi connectivity index (χ1v) is 7.93. The van der Waals surface area contributed by atoms with Gasteiger partial charge in [-0.05, 0) is 44.9 Å². The van der Waals surface area contributed by atoms with Crippen LogP contribution in [0.5, 0.6) is 5.75 Å². The van der Waals surface area contributed by atoms with Gasteiger partial charge in [0.1, 0.15) is 5.75 Å². The average molecular weight is 300 g/mol. The number of hydrogen-bond donors (Lipinski definition) is 3. The first kappa shape index (κ1) is 15.1. The van der Waals surface area contributed by atoms with Crippen LogP contribution in [0.4, 0.5) is 5.69 Å². The molecule has 1 aliphatic rings. The number of nitrogens with one attached hydrogen (secondary N) is 1. The third-order valence-corrected chi connectivity index (χ3v) is 4.85. The van der Waals surface area contributed by atoms with Crippen molar-refractivity contribution in [2.75, 3.05) is 12.3 Å². The summed E-state index contributed by atoms with van der Waals surface area (Å²) >= 11 is 0. The summed E-state index contributed by atoms with van der Waals surface area (Å²) in [4.78, 5) is 0.0529. The van der Waals surface area contributed by atoms with E-state index in [1.165, 1.54) is 18.2 Å². The van der Waals surface area contributed by atoms with Crippen molar-refractivity contribution in [2.45, 2.75) is 43.2 Å². The van der Waals surface area contributed by atoms with E-state index in [1.807, 2.05) is 13.8 Å². The summed E-state index contributed by atoms with van der Waals surface area (Å²) in [5, 5.41) is 9.34. The molecule has 6 nitrogen and oxygen atoms in total. The van der Waals surface area contributed by atoms with E-state index in [4.69, 9.17) is 10.5 Å². The fraction of sp³-hybridized carbons (Fsp3) is 0.538. The molecule has 20 heavy (non-hydrogen) atoms. The molecule has 1 fully saturated rings. The zero-order valence-corrected chi connectivity index (χ0v) is 12.4. The van der Waals surface area contributed by atoms with Crippen LogP contribution in [0.1, 0.15) is 26.7 Å². The fourth-order valence-electron chi connectivity index (χ4n) is 2.32. The van der Waals surface area contributed by atoms with Gasteiger partial charge in [-0.25, -0.2) is 13.1 Å². The SMILES string of the molecule is CC1(C)CC(NS(=O)(=O)c2ccc(O)c(N)c2)CCO1.